The van der Waals surface area contributed by atoms with Gasteiger partial charge in [0, 0.05) is 48.3 Å². The van der Waals surface area contributed by atoms with E-state index in [2.05, 4.69) is 25.5 Å². The predicted molar refractivity (Wildman–Crippen MR) is 118 cm³/mol. The van der Waals surface area contributed by atoms with E-state index < -0.39 is 17.8 Å². The lowest BCUT2D eigenvalue weighted by Gasteiger charge is -2.36. The molecular weight excluding hydrogens is 449 g/mol. The van der Waals surface area contributed by atoms with Crippen molar-refractivity contribution in [2.24, 2.45) is 0 Å². The average Bonchev–Trinajstić information content (AvgIpc) is 3.05. The van der Waals surface area contributed by atoms with Crippen LogP contribution in [0.25, 0.3) is 22.4 Å². The highest BCUT2D eigenvalue weighted by Gasteiger charge is 2.53. The summed E-state index contributed by atoms with van der Waals surface area (Å²) >= 11 is 0. The highest BCUT2D eigenvalue weighted by molar-refractivity contribution is 5.74. The van der Waals surface area contributed by atoms with E-state index in [0.717, 1.165) is 0 Å². The minimum Gasteiger partial charge on any atom is -0.507 e. The lowest BCUT2D eigenvalue weighted by atomic mass is 9.98. The Morgan fingerprint density at radius 2 is 1.94 bits per heavy atom. The molecule has 0 radical (unpaired) electrons. The molecule has 2 aromatic heterocycles. The third-order valence-corrected chi connectivity index (χ3v) is 6.59. The summed E-state index contributed by atoms with van der Waals surface area (Å²) < 4.78 is 48.0. The summed E-state index contributed by atoms with van der Waals surface area (Å²) in [5.74, 6) is -2.72. The maximum Gasteiger partial charge on any atom is 0.264 e. The summed E-state index contributed by atoms with van der Waals surface area (Å²) in [6.45, 7) is 0. The summed E-state index contributed by atoms with van der Waals surface area (Å²) in [6.07, 6.45) is 5.06. The Morgan fingerprint density at radius 1 is 1.12 bits per heavy atom. The lowest BCUT2D eigenvalue weighted by Crippen LogP contribution is -2.49. The first-order chi connectivity index (χ1) is 16.2. The summed E-state index contributed by atoms with van der Waals surface area (Å²) in [5, 5.41) is 21.1. The molecule has 2 fully saturated rings. The number of piperidine rings is 1. The SMILES string of the molecule is COc1cc(-c2cc(O)c(-c3cnc(N(C)[C@@H]4C[C@H]5CC(F)(F)[C@@H](C4)N5)cn3)cc2F)cnn1. The van der Waals surface area contributed by atoms with Crippen molar-refractivity contribution >= 4 is 5.82 Å². The van der Waals surface area contributed by atoms with E-state index in [9.17, 15) is 18.3 Å². The average molecular weight is 472 g/mol. The zero-order valence-corrected chi connectivity index (χ0v) is 18.5. The number of anilines is 1. The molecule has 2 aliphatic heterocycles. The standard InChI is InChI=1S/C23H23F3N6O2/c1-32(14-4-13-8-23(25,26)20(5-14)30-13)21-11-27-18(10-28-21)16-6-17(24)15(7-19(16)33)12-3-22(34-2)31-29-9-12/h3,6-7,9-11,13-14,20,30,33H,4-5,8H2,1-2H3/t13-,14+,20+/m0/s1. The predicted octanol–water partition coefficient (Wildman–Crippen LogP) is 3.42. The molecular formula is C23H23F3N6O2. The van der Waals surface area contributed by atoms with Crippen molar-refractivity contribution in [1.82, 2.24) is 25.5 Å². The van der Waals surface area contributed by atoms with Gasteiger partial charge in [0.25, 0.3) is 5.92 Å². The minimum absolute atomic E-state index is 0.0964. The Morgan fingerprint density at radius 3 is 2.65 bits per heavy atom. The molecule has 2 aliphatic rings. The molecule has 3 aromatic rings. The van der Waals surface area contributed by atoms with Crippen molar-refractivity contribution in [3.05, 3.63) is 42.6 Å². The van der Waals surface area contributed by atoms with Gasteiger partial charge in [0.05, 0.1) is 37.4 Å². The Hall–Kier alpha value is -3.47. The number of halogens is 3. The molecule has 0 aliphatic carbocycles. The van der Waals surface area contributed by atoms with Crippen LogP contribution in [0.3, 0.4) is 0 Å². The number of aromatic hydroxyl groups is 1. The molecule has 5 rings (SSSR count). The number of hydrogen-bond acceptors (Lipinski definition) is 8. The van der Waals surface area contributed by atoms with Crippen LogP contribution in [0.1, 0.15) is 19.3 Å². The monoisotopic (exact) mass is 472 g/mol. The number of benzene rings is 1. The number of phenols is 1. The molecule has 0 saturated carbocycles. The van der Waals surface area contributed by atoms with Crippen LogP contribution in [0.2, 0.25) is 0 Å². The van der Waals surface area contributed by atoms with Gasteiger partial charge in [-0.2, -0.15) is 5.10 Å². The van der Waals surface area contributed by atoms with Crippen LogP contribution in [0.15, 0.2) is 36.8 Å². The summed E-state index contributed by atoms with van der Waals surface area (Å²) in [4.78, 5) is 10.6. The number of aromatic nitrogens is 4. The zero-order chi connectivity index (χ0) is 24.0. The van der Waals surface area contributed by atoms with Crippen LogP contribution in [-0.4, -0.2) is 63.5 Å². The van der Waals surface area contributed by atoms with E-state index in [4.69, 9.17) is 4.74 Å². The van der Waals surface area contributed by atoms with Gasteiger partial charge in [-0.15, -0.1) is 5.10 Å². The Labute approximate surface area is 193 Å². The van der Waals surface area contributed by atoms with E-state index in [1.54, 1.807) is 7.05 Å². The van der Waals surface area contributed by atoms with Crippen molar-refractivity contribution in [2.45, 2.75) is 43.3 Å². The number of nitrogens with zero attached hydrogens (tertiary/aromatic N) is 5. The van der Waals surface area contributed by atoms with Crippen molar-refractivity contribution in [2.75, 3.05) is 19.1 Å². The number of phenolic OH excluding ortho intramolecular Hbond substituents is 1. The van der Waals surface area contributed by atoms with Crippen LogP contribution < -0.4 is 15.0 Å². The molecule has 2 N–H and O–H groups in total. The van der Waals surface area contributed by atoms with Crippen LogP contribution in [0, 0.1) is 5.82 Å². The Bertz CT molecular complexity index is 1210. The van der Waals surface area contributed by atoms with Gasteiger partial charge < -0.3 is 20.1 Å². The van der Waals surface area contributed by atoms with Crippen molar-refractivity contribution in [1.29, 1.82) is 0 Å². The topological polar surface area (TPSA) is 96.3 Å². The molecule has 0 amide bonds. The third-order valence-electron chi connectivity index (χ3n) is 6.59. The molecule has 0 spiro atoms. The van der Waals surface area contributed by atoms with Gasteiger partial charge in [-0.05, 0) is 25.0 Å². The summed E-state index contributed by atoms with van der Waals surface area (Å²) in [5.41, 5.74) is 0.991. The largest absolute Gasteiger partial charge is 0.507 e. The van der Waals surface area contributed by atoms with Crippen LogP contribution in [0.4, 0.5) is 19.0 Å². The molecule has 178 valence electrons. The Kier molecular flexibility index (Phi) is 5.51. The fourth-order valence-corrected chi connectivity index (χ4v) is 4.75. The number of rotatable bonds is 5. The first kappa shape index (κ1) is 22.3. The number of alkyl halides is 2. The minimum atomic E-state index is -2.69. The van der Waals surface area contributed by atoms with E-state index in [1.165, 1.54) is 43.9 Å². The van der Waals surface area contributed by atoms with Crippen LogP contribution in [-0.2, 0) is 0 Å². The van der Waals surface area contributed by atoms with E-state index in [1.807, 2.05) is 4.90 Å². The molecule has 1 aromatic carbocycles. The normalized spacial score (nSPS) is 23.0. The highest BCUT2D eigenvalue weighted by Crippen LogP contribution is 2.41. The second-order valence-electron chi connectivity index (χ2n) is 8.71. The number of methoxy groups -OCH3 is 1. The third kappa shape index (κ3) is 4.00. The first-order valence-corrected chi connectivity index (χ1v) is 10.8. The maximum atomic E-state index is 14.9. The first-order valence-electron chi connectivity index (χ1n) is 10.8. The molecule has 2 bridgehead atoms. The molecule has 11 heteroatoms. The van der Waals surface area contributed by atoms with Gasteiger partial charge in [0.2, 0.25) is 5.88 Å². The smallest absolute Gasteiger partial charge is 0.264 e. The molecule has 34 heavy (non-hydrogen) atoms. The number of hydrogen-bond donors (Lipinski definition) is 2. The van der Waals surface area contributed by atoms with Crippen LogP contribution in [0.5, 0.6) is 11.6 Å². The van der Waals surface area contributed by atoms with Crippen molar-refractivity contribution in [3.8, 4) is 34.0 Å². The van der Waals surface area contributed by atoms with E-state index >= 15 is 0 Å². The number of fused-ring (bicyclic) bond motifs is 2. The van der Waals surface area contributed by atoms with Gasteiger partial charge in [-0.3, -0.25) is 4.98 Å². The van der Waals surface area contributed by atoms with Crippen LogP contribution >= 0.6 is 0 Å². The fourth-order valence-electron chi connectivity index (χ4n) is 4.75. The molecule has 0 unspecified atom stereocenters. The molecule has 8 nitrogen and oxygen atoms in total. The van der Waals surface area contributed by atoms with Gasteiger partial charge in [0.1, 0.15) is 17.4 Å². The second kappa shape index (κ2) is 8.39. The molecule has 3 atom stereocenters. The van der Waals surface area contributed by atoms with E-state index in [0.29, 0.717) is 24.2 Å². The highest BCUT2D eigenvalue weighted by atomic mass is 19.3. The summed E-state index contributed by atoms with van der Waals surface area (Å²) in [6, 6.07) is 2.83. The molecule has 2 saturated heterocycles. The van der Waals surface area contributed by atoms with Gasteiger partial charge >= 0.3 is 0 Å². The maximum absolute atomic E-state index is 14.9. The zero-order valence-electron chi connectivity index (χ0n) is 18.5. The summed E-state index contributed by atoms with van der Waals surface area (Å²) in [7, 11) is 3.23. The quantitative estimate of drug-likeness (QED) is 0.583. The van der Waals surface area contributed by atoms with Crippen molar-refractivity contribution < 1.29 is 23.0 Å². The van der Waals surface area contributed by atoms with Crippen molar-refractivity contribution in [3.63, 3.8) is 0 Å². The second-order valence-corrected chi connectivity index (χ2v) is 8.71. The fraction of sp³-hybridized carbons (Fsp3) is 0.391. The van der Waals surface area contributed by atoms with Gasteiger partial charge in [-0.1, -0.05) is 0 Å². The van der Waals surface area contributed by atoms with Gasteiger partial charge in [-0.25, -0.2) is 18.2 Å². The number of nitrogens with one attached hydrogen (secondary N) is 1. The molecule has 4 heterocycles. The van der Waals surface area contributed by atoms with Gasteiger partial charge in [0.15, 0.2) is 0 Å². The van der Waals surface area contributed by atoms with E-state index in [-0.39, 0.29) is 47.0 Å². The Balaban J connectivity index is 1.37. The lowest BCUT2D eigenvalue weighted by molar-refractivity contribution is -0.0128. The number of ether oxygens (including phenoxy) is 1.